The molecule has 0 radical (unpaired) electrons. The predicted octanol–water partition coefficient (Wildman–Crippen LogP) is -0.894. The minimum absolute atomic E-state index is 0.143. The summed E-state index contributed by atoms with van der Waals surface area (Å²) in [6.45, 7) is 5.34. The fourth-order valence-corrected chi connectivity index (χ4v) is 3.30. The van der Waals surface area contributed by atoms with E-state index < -0.39 is 0 Å². The van der Waals surface area contributed by atoms with Crippen LogP contribution in [0.15, 0.2) is 5.10 Å². The zero-order valence-electron chi connectivity index (χ0n) is 13.3. The Bertz CT molecular complexity index is 470. The molecule has 3 aliphatic rings. The van der Waals surface area contributed by atoms with Crippen molar-refractivity contribution >= 4 is 17.5 Å². The van der Waals surface area contributed by atoms with Crippen molar-refractivity contribution in [2.24, 2.45) is 11.0 Å². The zero-order valence-corrected chi connectivity index (χ0v) is 13.3. The molecule has 0 bridgehead atoms. The molecule has 128 valence electrons. The Balaban J connectivity index is 1.57. The molecular weight excluding hydrogens is 300 g/mol. The normalized spacial score (nSPS) is 27.2. The summed E-state index contributed by atoms with van der Waals surface area (Å²) in [6.07, 6.45) is 1.73. The van der Waals surface area contributed by atoms with Gasteiger partial charge in [0.2, 0.25) is 5.91 Å². The summed E-state index contributed by atoms with van der Waals surface area (Å²) >= 11 is 0. The molecule has 0 unspecified atom stereocenters. The van der Waals surface area contributed by atoms with E-state index in [1.54, 1.807) is 0 Å². The number of nitrogens with zero attached hydrogens (tertiary/aromatic N) is 2. The van der Waals surface area contributed by atoms with Crippen LogP contribution in [0, 0.1) is 5.92 Å². The number of rotatable bonds is 5. The van der Waals surface area contributed by atoms with Crippen LogP contribution in [-0.2, 0) is 19.1 Å². The fourth-order valence-electron chi connectivity index (χ4n) is 3.30. The van der Waals surface area contributed by atoms with E-state index in [1.165, 1.54) is 0 Å². The molecule has 2 fully saturated rings. The highest BCUT2D eigenvalue weighted by Crippen LogP contribution is 2.21. The first-order valence-corrected chi connectivity index (χ1v) is 8.27. The molecule has 0 aromatic heterocycles. The molecule has 23 heavy (non-hydrogen) atoms. The van der Waals surface area contributed by atoms with Crippen molar-refractivity contribution in [3.05, 3.63) is 0 Å². The maximum Gasteiger partial charge on any atom is 0.267 e. The number of nitrogens with one attached hydrogen (secondary N) is 2. The SMILES string of the molecule is O=C1CCC(C(=O)NC[C@H]([C@@H]2CCOC2)N2CCOCC2)=NN1. The monoisotopic (exact) mass is 324 g/mol. The second-order valence-electron chi connectivity index (χ2n) is 6.14. The highest BCUT2D eigenvalue weighted by atomic mass is 16.5. The second-order valence-corrected chi connectivity index (χ2v) is 6.14. The van der Waals surface area contributed by atoms with Gasteiger partial charge < -0.3 is 14.8 Å². The van der Waals surface area contributed by atoms with Crippen LogP contribution in [0.1, 0.15) is 19.3 Å². The number of hydrogen-bond donors (Lipinski definition) is 2. The Labute approximate surface area is 135 Å². The predicted molar refractivity (Wildman–Crippen MR) is 82.9 cm³/mol. The van der Waals surface area contributed by atoms with E-state index in [2.05, 4.69) is 20.7 Å². The molecule has 3 aliphatic heterocycles. The van der Waals surface area contributed by atoms with Crippen molar-refractivity contribution in [1.29, 1.82) is 0 Å². The molecule has 2 atom stereocenters. The van der Waals surface area contributed by atoms with Gasteiger partial charge in [-0.05, 0) is 6.42 Å². The lowest BCUT2D eigenvalue weighted by Crippen LogP contribution is -2.53. The van der Waals surface area contributed by atoms with Crippen LogP contribution in [0.5, 0.6) is 0 Å². The lowest BCUT2D eigenvalue weighted by atomic mass is 9.96. The van der Waals surface area contributed by atoms with E-state index in [0.29, 0.717) is 31.0 Å². The Morgan fingerprint density at radius 2 is 2.13 bits per heavy atom. The third-order valence-corrected chi connectivity index (χ3v) is 4.66. The Morgan fingerprint density at radius 1 is 1.30 bits per heavy atom. The van der Waals surface area contributed by atoms with Gasteiger partial charge in [0.05, 0.1) is 19.8 Å². The molecule has 2 N–H and O–H groups in total. The summed E-state index contributed by atoms with van der Waals surface area (Å²) in [7, 11) is 0. The van der Waals surface area contributed by atoms with Crippen LogP contribution in [0.2, 0.25) is 0 Å². The molecule has 3 heterocycles. The van der Waals surface area contributed by atoms with Gasteiger partial charge in [0.1, 0.15) is 5.71 Å². The van der Waals surface area contributed by atoms with Gasteiger partial charge in [-0.1, -0.05) is 0 Å². The molecule has 3 rings (SSSR count). The van der Waals surface area contributed by atoms with Crippen molar-refractivity contribution in [1.82, 2.24) is 15.6 Å². The first-order chi connectivity index (χ1) is 11.2. The molecule has 2 saturated heterocycles. The topological polar surface area (TPSA) is 92.3 Å². The zero-order chi connectivity index (χ0) is 16.1. The van der Waals surface area contributed by atoms with E-state index >= 15 is 0 Å². The summed E-state index contributed by atoms with van der Waals surface area (Å²) in [5, 5.41) is 6.83. The van der Waals surface area contributed by atoms with Crippen LogP contribution < -0.4 is 10.7 Å². The third kappa shape index (κ3) is 4.27. The van der Waals surface area contributed by atoms with E-state index in [0.717, 1.165) is 45.9 Å². The number of amides is 2. The molecule has 0 aromatic carbocycles. The fraction of sp³-hybridized carbons (Fsp3) is 0.800. The van der Waals surface area contributed by atoms with Gasteiger partial charge >= 0.3 is 0 Å². The maximum atomic E-state index is 12.2. The van der Waals surface area contributed by atoms with E-state index in [9.17, 15) is 9.59 Å². The Kier molecular flexibility index (Phi) is 5.58. The van der Waals surface area contributed by atoms with E-state index in [-0.39, 0.29) is 17.9 Å². The standard InChI is InChI=1S/C15H24N4O4/c20-14-2-1-12(17-18-14)15(21)16-9-13(11-3-6-23-10-11)19-4-7-22-8-5-19/h11,13H,1-10H2,(H,16,21)(H,18,20)/t11-,13-/m1/s1. The smallest absolute Gasteiger partial charge is 0.267 e. The van der Waals surface area contributed by atoms with Crippen molar-refractivity contribution in [3.8, 4) is 0 Å². The summed E-state index contributed by atoms with van der Waals surface area (Å²) in [6, 6.07) is 0.254. The van der Waals surface area contributed by atoms with Gasteiger partial charge in [-0.2, -0.15) is 5.10 Å². The van der Waals surface area contributed by atoms with E-state index in [1.807, 2.05) is 0 Å². The largest absolute Gasteiger partial charge is 0.381 e. The van der Waals surface area contributed by atoms with Crippen LogP contribution in [-0.4, -0.2) is 74.5 Å². The quantitative estimate of drug-likeness (QED) is 0.684. The number of hydrazone groups is 1. The molecule has 2 amide bonds. The molecule has 8 nitrogen and oxygen atoms in total. The minimum atomic E-state index is -0.192. The summed E-state index contributed by atoms with van der Waals surface area (Å²) in [5.41, 5.74) is 2.76. The molecule has 0 spiro atoms. The average molecular weight is 324 g/mol. The van der Waals surface area contributed by atoms with Crippen LogP contribution in [0.4, 0.5) is 0 Å². The molecule has 0 aliphatic carbocycles. The number of morpholine rings is 1. The Morgan fingerprint density at radius 3 is 2.78 bits per heavy atom. The van der Waals surface area contributed by atoms with Crippen molar-refractivity contribution in [2.45, 2.75) is 25.3 Å². The van der Waals surface area contributed by atoms with Crippen LogP contribution >= 0.6 is 0 Å². The van der Waals surface area contributed by atoms with Gasteiger partial charge in [0.25, 0.3) is 5.91 Å². The van der Waals surface area contributed by atoms with Gasteiger partial charge in [0, 0.05) is 51.0 Å². The van der Waals surface area contributed by atoms with Crippen LogP contribution in [0.3, 0.4) is 0 Å². The molecular formula is C15H24N4O4. The van der Waals surface area contributed by atoms with Gasteiger partial charge in [-0.15, -0.1) is 0 Å². The van der Waals surface area contributed by atoms with Crippen LogP contribution in [0.25, 0.3) is 0 Å². The second kappa shape index (κ2) is 7.85. The van der Waals surface area contributed by atoms with Gasteiger partial charge in [0.15, 0.2) is 0 Å². The van der Waals surface area contributed by atoms with Crippen molar-refractivity contribution in [2.75, 3.05) is 46.1 Å². The lowest BCUT2D eigenvalue weighted by Gasteiger charge is -2.37. The van der Waals surface area contributed by atoms with Gasteiger partial charge in [-0.3, -0.25) is 14.5 Å². The Hall–Kier alpha value is -1.51. The third-order valence-electron chi connectivity index (χ3n) is 4.66. The van der Waals surface area contributed by atoms with Gasteiger partial charge in [-0.25, -0.2) is 5.43 Å². The van der Waals surface area contributed by atoms with E-state index in [4.69, 9.17) is 9.47 Å². The molecule has 0 aromatic rings. The number of carbonyl (C=O) groups is 2. The summed E-state index contributed by atoms with van der Waals surface area (Å²) in [5.74, 6) is 0.0967. The first-order valence-electron chi connectivity index (χ1n) is 8.27. The lowest BCUT2D eigenvalue weighted by molar-refractivity contribution is -0.121. The highest BCUT2D eigenvalue weighted by molar-refractivity contribution is 6.39. The first kappa shape index (κ1) is 16.4. The number of hydrogen-bond acceptors (Lipinski definition) is 6. The minimum Gasteiger partial charge on any atom is -0.381 e. The summed E-state index contributed by atoms with van der Waals surface area (Å²) in [4.78, 5) is 25.7. The van der Waals surface area contributed by atoms with Crippen molar-refractivity contribution < 1.29 is 19.1 Å². The number of carbonyl (C=O) groups excluding carboxylic acids is 2. The average Bonchev–Trinajstić information content (AvgIpc) is 3.11. The maximum absolute atomic E-state index is 12.2. The molecule has 0 saturated carbocycles. The van der Waals surface area contributed by atoms with Crippen molar-refractivity contribution in [3.63, 3.8) is 0 Å². The number of ether oxygens (including phenoxy) is 2. The highest BCUT2D eigenvalue weighted by Gasteiger charge is 2.32. The molecule has 8 heteroatoms. The summed E-state index contributed by atoms with van der Waals surface area (Å²) < 4.78 is 10.9.